The van der Waals surface area contributed by atoms with E-state index in [1.807, 2.05) is 39.0 Å². The van der Waals surface area contributed by atoms with Crippen molar-refractivity contribution in [2.24, 2.45) is 0 Å². The molecule has 0 aliphatic carbocycles. The largest absolute Gasteiger partial charge is 0.497 e. The molecule has 5 rings (SSSR count). The summed E-state index contributed by atoms with van der Waals surface area (Å²) in [6.07, 6.45) is 4.34. The molecule has 260 valence electrons. The van der Waals surface area contributed by atoms with Crippen molar-refractivity contribution in [2.75, 3.05) is 64.2 Å². The number of fused-ring (bicyclic) bond motifs is 3. The number of carbonyl (C=O) groups excluding carboxylic acids is 1. The Bertz CT molecular complexity index is 1690. The van der Waals surface area contributed by atoms with Crippen molar-refractivity contribution >= 4 is 39.5 Å². The predicted octanol–water partition coefficient (Wildman–Crippen LogP) is 6.61. The molecule has 0 spiro atoms. The van der Waals surface area contributed by atoms with Crippen LogP contribution in [0.25, 0.3) is 21.9 Å². The second-order valence-corrected chi connectivity index (χ2v) is 13.6. The highest BCUT2D eigenvalue weighted by Crippen LogP contribution is 2.34. The molecule has 1 fully saturated rings. The van der Waals surface area contributed by atoms with E-state index in [0.717, 1.165) is 115 Å². The summed E-state index contributed by atoms with van der Waals surface area (Å²) in [5.41, 5.74) is 4.61. The first-order chi connectivity index (χ1) is 23.1. The maximum absolute atomic E-state index is 12.2. The summed E-state index contributed by atoms with van der Waals surface area (Å²) in [7, 11) is 5.51. The van der Waals surface area contributed by atoms with Gasteiger partial charge in [0.2, 0.25) is 0 Å². The van der Waals surface area contributed by atoms with Gasteiger partial charge in [-0.1, -0.05) is 13.3 Å². The molecule has 3 heterocycles. The number of benzene rings is 2. The number of amides is 1. The van der Waals surface area contributed by atoms with E-state index in [9.17, 15) is 4.79 Å². The van der Waals surface area contributed by atoms with Gasteiger partial charge in [-0.15, -0.1) is 0 Å². The highest BCUT2D eigenvalue weighted by Gasteiger charge is 2.21. The van der Waals surface area contributed by atoms with Crippen LogP contribution in [0.5, 0.6) is 11.5 Å². The molecule has 4 aromatic rings. The molecule has 0 radical (unpaired) electrons. The van der Waals surface area contributed by atoms with Gasteiger partial charge in [-0.05, 0) is 77.4 Å². The molecular weight excluding hydrogens is 606 g/mol. The fourth-order valence-electron chi connectivity index (χ4n) is 6.15. The van der Waals surface area contributed by atoms with Gasteiger partial charge in [-0.2, -0.15) is 0 Å². The summed E-state index contributed by atoms with van der Waals surface area (Å²) < 4.78 is 18.9. The van der Waals surface area contributed by atoms with E-state index in [-0.39, 0.29) is 6.09 Å². The Kier molecular flexibility index (Phi) is 11.5. The van der Waals surface area contributed by atoms with Gasteiger partial charge in [-0.3, -0.25) is 0 Å². The van der Waals surface area contributed by atoms with Gasteiger partial charge in [0.15, 0.2) is 5.82 Å². The van der Waals surface area contributed by atoms with Crippen molar-refractivity contribution in [1.82, 2.24) is 24.8 Å². The molecule has 11 heteroatoms. The molecule has 11 nitrogen and oxygen atoms in total. The minimum Gasteiger partial charge on any atom is -0.497 e. The van der Waals surface area contributed by atoms with E-state index < -0.39 is 5.60 Å². The number of anilines is 2. The number of carbonyl (C=O) groups is 1. The number of ether oxygens (including phenoxy) is 3. The fraction of sp³-hybridized carbons (Fsp3) is 0.541. The van der Waals surface area contributed by atoms with E-state index in [1.54, 1.807) is 14.2 Å². The number of imidazole rings is 1. The van der Waals surface area contributed by atoms with Crippen molar-refractivity contribution in [3.63, 3.8) is 0 Å². The minimum atomic E-state index is -0.518. The van der Waals surface area contributed by atoms with Crippen molar-refractivity contribution in [3.05, 3.63) is 47.8 Å². The maximum Gasteiger partial charge on any atom is 0.407 e. The molecule has 1 saturated heterocycles. The van der Waals surface area contributed by atoms with Crippen LogP contribution in [-0.4, -0.2) is 85.1 Å². The van der Waals surface area contributed by atoms with Crippen LogP contribution in [0.15, 0.2) is 36.4 Å². The van der Waals surface area contributed by atoms with Crippen molar-refractivity contribution < 1.29 is 19.0 Å². The molecule has 2 aromatic carbocycles. The van der Waals surface area contributed by atoms with E-state index in [4.69, 9.17) is 24.2 Å². The molecular formula is C37H53N7O4. The first kappa shape index (κ1) is 35.1. The normalized spacial score (nSPS) is 14.0. The second-order valence-electron chi connectivity index (χ2n) is 13.6. The van der Waals surface area contributed by atoms with Crippen LogP contribution in [0.1, 0.15) is 64.8 Å². The van der Waals surface area contributed by atoms with Gasteiger partial charge in [0.05, 0.1) is 25.3 Å². The molecule has 0 atom stereocenters. The zero-order valence-corrected chi connectivity index (χ0v) is 29.8. The summed E-state index contributed by atoms with van der Waals surface area (Å²) in [5.74, 6) is 3.32. The number of piperazine rings is 1. The second kappa shape index (κ2) is 15.8. The zero-order valence-electron chi connectivity index (χ0n) is 29.8. The molecule has 1 aliphatic rings. The Balaban J connectivity index is 1.50. The number of aromatic nitrogens is 3. The van der Waals surface area contributed by atoms with Crippen LogP contribution in [0, 0.1) is 0 Å². The van der Waals surface area contributed by atoms with Crippen molar-refractivity contribution in [2.45, 2.75) is 78.5 Å². The molecule has 1 aliphatic heterocycles. The topological polar surface area (TPSA) is 106 Å². The lowest BCUT2D eigenvalue weighted by atomic mass is 10.1. The van der Waals surface area contributed by atoms with Gasteiger partial charge in [0.1, 0.15) is 28.4 Å². The van der Waals surface area contributed by atoms with Crippen LogP contribution < -0.4 is 25.0 Å². The molecule has 0 unspecified atom stereocenters. The van der Waals surface area contributed by atoms with Crippen LogP contribution in [0.3, 0.4) is 0 Å². The smallest absolute Gasteiger partial charge is 0.407 e. The fourth-order valence-corrected chi connectivity index (χ4v) is 6.15. The number of rotatable bonds is 14. The van der Waals surface area contributed by atoms with Gasteiger partial charge in [0.25, 0.3) is 0 Å². The molecule has 2 aromatic heterocycles. The van der Waals surface area contributed by atoms with Crippen LogP contribution in [0.2, 0.25) is 0 Å². The number of nitrogens with one attached hydrogen (secondary N) is 2. The van der Waals surface area contributed by atoms with E-state index >= 15 is 0 Å². The Morgan fingerprint density at radius 3 is 2.46 bits per heavy atom. The maximum atomic E-state index is 12.2. The van der Waals surface area contributed by atoms with Gasteiger partial charge >= 0.3 is 6.09 Å². The summed E-state index contributed by atoms with van der Waals surface area (Å²) >= 11 is 0. The van der Waals surface area contributed by atoms with Crippen LogP contribution >= 0.6 is 0 Å². The Labute approximate surface area is 284 Å². The third-order valence-corrected chi connectivity index (χ3v) is 8.78. The highest BCUT2D eigenvalue weighted by atomic mass is 16.6. The van der Waals surface area contributed by atoms with Crippen LogP contribution in [-0.2, 0) is 24.2 Å². The van der Waals surface area contributed by atoms with Crippen LogP contribution in [0.4, 0.5) is 16.3 Å². The lowest BCUT2D eigenvalue weighted by Crippen LogP contribution is -2.44. The molecule has 2 N–H and O–H groups in total. The van der Waals surface area contributed by atoms with Crippen molar-refractivity contribution in [1.29, 1.82) is 0 Å². The predicted molar refractivity (Wildman–Crippen MR) is 194 cm³/mol. The lowest BCUT2D eigenvalue weighted by Gasteiger charge is -2.34. The Morgan fingerprint density at radius 2 is 1.75 bits per heavy atom. The van der Waals surface area contributed by atoms with E-state index in [1.165, 1.54) is 5.69 Å². The number of aryl methyl sites for hydroxylation is 2. The van der Waals surface area contributed by atoms with Gasteiger partial charge in [-0.25, -0.2) is 14.8 Å². The number of unbranched alkanes of at least 4 members (excludes halogenated alkanes) is 2. The standard InChI is InChI=1S/C37H53N7O4/c1-8-9-12-32-41-33-34(44(32)18-11-10-17-38-36(45)48-37(2,3)4)29-23-27(43-21-19-42(5)20-22-43)14-16-30(29)40-35(33)39-25-26-13-15-28(46-6)24-31(26)47-7/h13-16,23-24H,8-12,17-22,25H2,1-7H3,(H,38,45)(H,39,40). The molecule has 1 amide bonds. The van der Waals surface area contributed by atoms with Crippen molar-refractivity contribution in [3.8, 4) is 11.5 Å². The van der Waals surface area contributed by atoms with E-state index in [0.29, 0.717) is 13.1 Å². The number of likely N-dealkylation sites (N-methyl/N-ethyl adjacent to an activating group) is 1. The summed E-state index contributed by atoms with van der Waals surface area (Å²) in [5, 5.41) is 7.62. The Morgan fingerprint density at radius 1 is 0.958 bits per heavy atom. The first-order valence-corrected chi connectivity index (χ1v) is 17.3. The molecule has 0 saturated carbocycles. The zero-order chi connectivity index (χ0) is 34.3. The molecule has 48 heavy (non-hydrogen) atoms. The average Bonchev–Trinajstić information content (AvgIpc) is 3.43. The number of nitrogens with zero attached hydrogens (tertiary/aromatic N) is 5. The first-order valence-electron chi connectivity index (χ1n) is 17.3. The number of pyridine rings is 1. The summed E-state index contributed by atoms with van der Waals surface area (Å²) in [6.45, 7) is 13.8. The monoisotopic (exact) mass is 659 g/mol. The van der Waals surface area contributed by atoms with Gasteiger partial charge in [0, 0.05) is 74.9 Å². The minimum absolute atomic E-state index is 0.378. The Hall–Kier alpha value is -4.25. The van der Waals surface area contributed by atoms with E-state index in [2.05, 4.69) is 57.2 Å². The summed E-state index contributed by atoms with van der Waals surface area (Å²) in [4.78, 5) is 27.5. The SMILES string of the molecule is CCCCc1nc2c(NCc3ccc(OC)cc3OC)nc3ccc(N4CCN(C)CC4)cc3c2n1CCCCNC(=O)OC(C)(C)C. The highest BCUT2D eigenvalue weighted by molar-refractivity contribution is 6.08. The number of alkyl carbamates (subject to hydrolysis) is 1. The lowest BCUT2D eigenvalue weighted by molar-refractivity contribution is 0.0527. The third-order valence-electron chi connectivity index (χ3n) is 8.78. The molecule has 0 bridgehead atoms. The average molecular weight is 660 g/mol. The van der Waals surface area contributed by atoms with Gasteiger partial charge < -0.3 is 39.2 Å². The number of hydrogen-bond donors (Lipinski definition) is 2. The quantitative estimate of drug-likeness (QED) is 0.145. The summed E-state index contributed by atoms with van der Waals surface area (Å²) in [6, 6.07) is 12.5. The number of hydrogen-bond acceptors (Lipinski definition) is 9. The third kappa shape index (κ3) is 8.61. The number of methoxy groups -OCH3 is 2.